The van der Waals surface area contributed by atoms with Gasteiger partial charge in [-0.15, -0.1) is 0 Å². The molecule has 0 atom stereocenters. The maximum absolute atomic E-state index is 6.13. The van der Waals surface area contributed by atoms with Crippen molar-refractivity contribution in [2.75, 3.05) is 67.2 Å². The molecule has 0 aliphatic carbocycles. The second-order valence-corrected chi connectivity index (χ2v) is 7.74. The molecule has 0 bridgehead atoms. The van der Waals surface area contributed by atoms with Crippen LogP contribution in [0.5, 0.6) is 0 Å². The highest BCUT2D eigenvalue weighted by molar-refractivity contribution is 6.31. The SMILES string of the molecule is Clc1ccc2c(N3CCN(c4cc(N5CCOCC5)ncn4)CC3)ccnc2c1. The van der Waals surface area contributed by atoms with Gasteiger partial charge in [0, 0.05) is 67.6 Å². The highest BCUT2D eigenvalue weighted by Crippen LogP contribution is 2.29. The van der Waals surface area contributed by atoms with Crippen LogP contribution in [0.25, 0.3) is 10.9 Å². The Balaban J connectivity index is 1.31. The third-order valence-electron chi connectivity index (χ3n) is 5.60. The number of hydrogen-bond acceptors (Lipinski definition) is 7. The Hall–Kier alpha value is -2.64. The molecule has 150 valence electrons. The number of rotatable bonds is 3. The lowest BCUT2D eigenvalue weighted by atomic mass is 10.1. The van der Waals surface area contributed by atoms with Gasteiger partial charge < -0.3 is 19.4 Å². The van der Waals surface area contributed by atoms with Gasteiger partial charge in [0.25, 0.3) is 0 Å². The molecule has 0 saturated carbocycles. The van der Waals surface area contributed by atoms with Crippen LogP contribution >= 0.6 is 11.6 Å². The molecular weight excluding hydrogens is 388 g/mol. The summed E-state index contributed by atoms with van der Waals surface area (Å²) in [6.45, 7) is 6.95. The Bertz CT molecular complexity index is 1000. The minimum Gasteiger partial charge on any atom is -0.378 e. The number of aromatic nitrogens is 3. The molecule has 3 aromatic rings. The van der Waals surface area contributed by atoms with Gasteiger partial charge >= 0.3 is 0 Å². The van der Waals surface area contributed by atoms with Crippen LogP contribution in [-0.2, 0) is 4.74 Å². The van der Waals surface area contributed by atoms with E-state index < -0.39 is 0 Å². The summed E-state index contributed by atoms with van der Waals surface area (Å²) in [5.74, 6) is 1.98. The molecule has 2 aliphatic rings. The molecule has 0 amide bonds. The Morgan fingerprint density at radius 1 is 0.759 bits per heavy atom. The van der Waals surface area contributed by atoms with Gasteiger partial charge in [-0.25, -0.2) is 9.97 Å². The van der Waals surface area contributed by atoms with E-state index in [1.54, 1.807) is 6.33 Å². The first-order valence-corrected chi connectivity index (χ1v) is 10.3. The fraction of sp³-hybridized carbons (Fsp3) is 0.381. The van der Waals surface area contributed by atoms with Crippen molar-refractivity contribution in [1.29, 1.82) is 0 Å². The minimum absolute atomic E-state index is 0.715. The number of morpholine rings is 1. The number of ether oxygens (including phenoxy) is 1. The lowest BCUT2D eigenvalue weighted by Crippen LogP contribution is -2.47. The van der Waals surface area contributed by atoms with Gasteiger partial charge in [0.2, 0.25) is 0 Å². The van der Waals surface area contributed by atoms with Gasteiger partial charge in [-0.3, -0.25) is 4.98 Å². The summed E-state index contributed by atoms with van der Waals surface area (Å²) in [4.78, 5) is 20.5. The van der Waals surface area contributed by atoms with Crippen molar-refractivity contribution in [2.24, 2.45) is 0 Å². The zero-order valence-electron chi connectivity index (χ0n) is 16.2. The molecule has 0 radical (unpaired) electrons. The fourth-order valence-electron chi connectivity index (χ4n) is 4.03. The molecule has 1 aromatic carbocycles. The average molecular weight is 411 g/mol. The molecule has 0 N–H and O–H groups in total. The maximum atomic E-state index is 6.13. The van der Waals surface area contributed by atoms with Gasteiger partial charge in [0.1, 0.15) is 18.0 Å². The molecule has 2 saturated heterocycles. The van der Waals surface area contributed by atoms with Gasteiger partial charge in [0.05, 0.1) is 18.7 Å². The molecule has 2 aromatic heterocycles. The molecule has 4 heterocycles. The van der Waals surface area contributed by atoms with Gasteiger partial charge in [0.15, 0.2) is 0 Å². The second kappa shape index (κ2) is 8.00. The number of hydrogen-bond donors (Lipinski definition) is 0. The number of halogens is 1. The monoisotopic (exact) mass is 410 g/mol. The van der Waals surface area contributed by atoms with Gasteiger partial charge in [-0.2, -0.15) is 0 Å². The van der Waals surface area contributed by atoms with Crippen molar-refractivity contribution in [3.63, 3.8) is 0 Å². The van der Waals surface area contributed by atoms with Crippen LogP contribution in [0.2, 0.25) is 5.02 Å². The van der Waals surface area contributed by atoms with E-state index in [4.69, 9.17) is 16.3 Å². The van der Waals surface area contributed by atoms with E-state index in [0.717, 1.165) is 75.0 Å². The highest BCUT2D eigenvalue weighted by atomic mass is 35.5. The van der Waals surface area contributed by atoms with Crippen LogP contribution in [0.3, 0.4) is 0 Å². The zero-order valence-corrected chi connectivity index (χ0v) is 16.9. The predicted molar refractivity (Wildman–Crippen MR) is 116 cm³/mol. The first-order chi connectivity index (χ1) is 14.3. The summed E-state index contributed by atoms with van der Waals surface area (Å²) in [6, 6.07) is 10.1. The topological polar surface area (TPSA) is 57.6 Å². The van der Waals surface area contributed by atoms with Gasteiger partial charge in [-0.1, -0.05) is 11.6 Å². The minimum atomic E-state index is 0.715. The molecule has 2 aliphatic heterocycles. The zero-order chi connectivity index (χ0) is 19.6. The summed E-state index contributed by atoms with van der Waals surface area (Å²) in [7, 11) is 0. The van der Waals surface area contributed by atoms with Crippen molar-refractivity contribution in [1.82, 2.24) is 15.0 Å². The number of nitrogens with zero attached hydrogens (tertiary/aromatic N) is 6. The number of fused-ring (bicyclic) bond motifs is 1. The third-order valence-corrected chi connectivity index (χ3v) is 5.83. The van der Waals surface area contributed by atoms with Crippen LogP contribution in [0, 0.1) is 0 Å². The normalized spacial score (nSPS) is 17.8. The van der Waals surface area contributed by atoms with Crippen molar-refractivity contribution in [3.8, 4) is 0 Å². The van der Waals surface area contributed by atoms with Crippen molar-refractivity contribution < 1.29 is 4.74 Å². The first kappa shape index (κ1) is 18.4. The molecule has 0 unspecified atom stereocenters. The average Bonchev–Trinajstić information content (AvgIpc) is 2.79. The van der Waals surface area contributed by atoms with E-state index in [2.05, 4.69) is 47.9 Å². The third kappa shape index (κ3) is 3.80. The predicted octanol–water partition coefficient (Wildman–Crippen LogP) is 2.84. The smallest absolute Gasteiger partial charge is 0.134 e. The summed E-state index contributed by atoms with van der Waals surface area (Å²) in [5, 5.41) is 1.86. The van der Waals surface area contributed by atoms with E-state index in [1.807, 2.05) is 18.3 Å². The van der Waals surface area contributed by atoms with E-state index >= 15 is 0 Å². The van der Waals surface area contributed by atoms with Crippen LogP contribution in [0.4, 0.5) is 17.3 Å². The molecule has 5 rings (SSSR count). The molecular formula is C21H23ClN6O. The molecule has 0 spiro atoms. The van der Waals surface area contributed by atoms with Crippen LogP contribution in [0.1, 0.15) is 0 Å². The first-order valence-electron chi connectivity index (χ1n) is 9.97. The Morgan fingerprint density at radius 3 is 2.21 bits per heavy atom. The lowest BCUT2D eigenvalue weighted by molar-refractivity contribution is 0.122. The number of benzene rings is 1. The number of piperazine rings is 1. The lowest BCUT2D eigenvalue weighted by Gasteiger charge is -2.37. The number of anilines is 3. The van der Waals surface area contributed by atoms with Crippen LogP contribution < -0.4 is 14.7 Å². The van der Waals surface area contributed by atoms with Crippen molar-refractivity contribution >= 4 is 39.8 Å². The Kier molecular flexibility index (Phi) is 5.08. The van der Waals surface area contributed by atoms with E-state index in [-0.39, 0.29) is 0 Å². The Morgan fingerprint density at radius 2 is 1.45 bits per heavy atom. The second-order valence-electron chi connectivity index (χ2n) is 7.30. The fourth-order valence-corrected chi connectivity index (χ4v) is 4.20. The van der Waals surface area contributed by atoms with E-state index in [1.165, 1.54) is 5.69 Å². The van der Waals surface area contributed by atoms with Crippen LogP contribution in [-0.4, -0.2) is 67.4 Å². The molecule has 29 heavy (non-hydrogen) atoms. The largest absolute Gasteiger partial charge is 0.378 e. The molecule has 8 heteroatoms. The standard InChI is InChI=1S/C21H23ClN6O/c22-16-1-2-17-18(13-16)23-4-3-19(17)26-5-7-27(8-6-26)20-14-21(25-15-24-20)28-9-11-29-12-10-28/h1-4,13-15H,5-12H2. The summed E-state index contributed by atoms with van der Waals surface area (Å²) in [5.41, 5.74) is 2.14. The summed E-state index contributed by atoms with van der Waals surface area (Å²) < 4.78 is 5.45. The van der Waals surface area contributed by atoms with Gasteiger partial charge in [-0.05, 0) is 24.3 Å². The quantitative estimate of drug-likeness (QED) is 0.658. The van der Waals surface area contributed by atoms with E-state index in [0.29, 0.717) is 5.02 Å². The highest BCUT2D eigenvalue weighted by Gasteiger charge is 2.21. The molecule has 2 fully saturated rings. The van der Waals surface area contributed by atoms with Crippen LogP contribution in [0.15, 0.2) is 42.9 Å². The van der Waals surface area contributed by atoms with Crippen molar-refractivity contribution in [3.05, 3.63) is 47.9 Å². The van der Waals surface area contributed by atoms with Crippen molar-refractivity contribution in [2.45, 2.75) is 0 Å². The summed E-state index contributed by atoms with van der Waals surface area (Å²) in [6.07, 6.45) is 3.53. The molecule has 7 nitrogen and oxygen atoms in total. The van der Waals surface area contributed by atoms with E-state index in [9.17, 15) is 0 Å². The Labute approximate surface area is 174 Å². The number of pyridine rings is 1. The summed E-state index contributed by atoms with van der Waals surface area (Å²) >= 11 is 6.13. The maximum Gasteiger partial charge on any atom is 0.134 e.